The van der Waals surface area contributed by atoms with Crippen molar-refractivity contribution in [3.8, 4) is 0 Å². The first-order valence-corrected chi connectivity index (χ1v) is 6.70. The summed E-state index contributed by atoms with van der Waals surface area (Å²) < 4.78 is 1.97. The third kappa shape index (κ3) is 4.12. The number of nitrogens with one attached hydrogen (secondary N) is 2. The molecule has 0 bridgehead atoms. The zero-order chi connectivity index (χ0) is 12.7. The molecule has 1 heterocycles. The maximum Gasteiger partial charge on any atom is 0.283 e. The molecular weight excluding hydrogens is 284 g/mol. The molecule has 1 aromatic rings. The fourth-order valence-electron chi connectivity index (χ4n) is 1.40. The summed E-state index contributed by atoms with van der Waals surface area (Å²) in [5.41, 5.74) is 0.650. The zero-order valence-corrected chi connectivity index (χ0v) is 11.9. The molecule has 0 radical (unpaired) electrons. The summed E-state index contributed by atoms with van der Waals surface area (Å²) in [6.07, 6.45) is 2.80. The highest BCUT2D eigenvalue weighted by atomic mass is 79.9. The number of nitrogens with zero attached hydrogens (tertiary/aromatic N) is 2. The van der Waals surface area contributed by atoms with Gasteiger partial charge >= 0.3 is 0 Å². The largest absolute Gasteiger partial charge is 0.381 e. The molecule has 0 fully saturated rings. The van der Waals surface area contributed by atoms with Crippen LogP contribution >= 0.6 is 15.9 Å². The summed E-state index contributed by atoms with van der Waals surface area (Å²) in [5.74, 6) is 0. The molecule has 1 rings (SSSR count). The van der Waals surface area contributed by atoms with Crippen LogP contribution in [-0.2, 0) is 6.54 Å². The number of aryl methyl sites for hydroxylation is 1. The van der Waals surface area contributed by atoms with Crippen molar-refractivity contribution in [2.75, 3.05) is 25.0 Å². The Morgan fingerprint density at radius 1 is 1.35 bits per heavy atom. The Bertz CT molecular complexity index is 405. The van der Waals surface area contributed by atoms with Crippen molar-refractivity contribution in [1.29, 1.82) is 0 Å². The molecule has 5 nitrogen and oxygen atoms in total. The van der Waals surface area contributed by atoms with Gasteiger partial charge in [-0.05, 0) is 35.8 Å². The van der Waals surface area contributed by atoms with E-state index < -0.39 is 0 Å². The van der Waals surface area contributed by atoms with E-state index in [1.54, 1.807) is 6.20 Å². The van der Waals surface area contributed by atoms with Gasteiger partial charge in [-0.3, -0.25) is 4.79 Å². The van der Waals surface area contributed by atoms with Crippen LogP contribution in [0, 0.1) is 0 Å². The Labute approximate surface area is 110 Å². The molecule has 17 heavy (non-hydrogen) atoms. The van der Waals surface area contributed by atoms with Crippen LogP contribution in [-0.4, -0.2) is 29.4 Å². The van der Waals surface area contributed by atoms with Crippen molar-refractivity contribution in [1.82, 2.24) is 15.1 Å². The van der Waals surface area contributed by atoms with Gasteiger partial charge in [-0.15, -0.1) is 0 Å². The number of hydrogen-bond donors (Lipinski definition) is 2. The molecule has 0 spiro atoms. The molecule has 0 unspecified atom stereocenters. The van der Waals surface area contributed by atoms with Crippen molar-refractivity contribution in [3.63, 3.8) is 0 Å². The van der Waals surface area contributed by atoms with Crippen molar-refractivity contribution in [2.24, 2.45) is 0 Å². The van der Waals surface area contributed by atoms with Gasteiger partial charge in [0.05, 0.1) is 11.9 Å². The first-order chi connectivity index (χ1) is 8.20. The van der Waals surface area contributed by atoms with Gasteiger partial charge < -0.3 is 10.6 Å². The quantitative estimate of drug-likeness (QED) is 0.748. The second-order valence-corrected chi connectivity index (χ2v) is 4.46. The predicted octanol–water partition coefficient (Wildman–Crippen LogP) is 1.44. The summed E-state index contributed by atoms with van der Waals surface area (Å²) in [6.45, 7) is 7.26. The van der Waals surface area contributed by atoms with E-state index in [2.05, 4.69) is 38.6 Å². The van der Waals surface area contributed by atoms with E-state index in [1.807, 2.05) is 6.92 Å². The van der Waals surface area contributed by atoms with Crippen LogP contribution in [0.5, 0.6) is 0 Å². The minimum atomic E-state index is -0.0981. The molecule has 0 aliphatic carbocycles. The summed E-state index contributed by atoms with van der Waals surface area (Å²) in [5, 5.41) is 10.5. The topological polar surface area (TPSA) is 59.0 Å². The lowest BCUT2D eigenvalue weighted by molar-refractivity contribution is 0.612. The molecule has 0 atom stereocenters. The van der Waals surface area contributed by atoms with Crippen molar-refractivity contribution >= 4 is 21.6 Å². The highest BCUT2D eigenvalue weighted by Gasteiger charge is 2.06. The lowest BCUT2D eigenvalue weighted by atomic mass is 10.4. The fraction of sp³-hybridized carbons (Fsp3) is 0.636. The average molecular weight is 303 g/mol. The van der Waals surface area contributed by atoms with Gasteiger partial charge in [0, 0.05) is 19.6 Å². The number of halogens is 1. The number of anilines is 1. The third-order valence-electron chi connectivity index (χ3n) is 2.33. The van der Waals surface area contributed by atoms with Crippen LogP contribution in [0.1, 0.15) is 20.3 Å². The lowest BCUT2D eigenvalue weighted by Crippen LogP contribution is -2.26. The van der Waals surface area contributed by atoms with Crippen LogP contribution in [0.25, 0.3) is 0 Å². The number of hydrogen-bond acceptors (Lipinski definition) is 4. The Balaban J connectivity index is 2.55. The normalized spacial score (nSPS) is 10.5. The van der Waals surface area contributed by atoms with Gasteiger partial charge in [0.2, 0.25) is 0 Å². The number of rotatable bonds is 7. The van der Waals surface area contributed by atoms with Gasteiger partial charge in [0.1, 0.15) is 4.47 Å². The number of aromatic nitrogens is 2. The smallest absolute Gasteiger partial charge is 0.283 e. The Morgan fingerprint density at radius 3 is 2.76 bits per heavy atom. The van der Waals surface area contributed by atoms with Gasteiger partial charge in [0.25, 0.3) is 5.56 Å². The molecule has 0 aliphatic heterocycles. The molecule has 0 aromatic carbocycles. The van der Waals surface area contributed by atoms with Crippen molar-refractivity contribution in [3.05, 3.63) is 21.0 Å². The highest BCUT2D eigenvalue weighted by molar-refractivity contribution is 9.10. The lowest BCUT2D eigenvalue weighted by Gasteiger charge is -2.09. The van der Waals surface area contributed by atoms with Crippen LogP contribution in [0.4, 0.5) is 5.69 Å². The van der Waals surface area contributed by atoms with Gasteiger partial charge in [-0.2, -0.15) is 5.10 Å². The Morgan fingerprint density at radius 2 is 2.12 bits per heavy atom. The monoisotopic (exact) mass is 302 g/mol. The van der Waals surface area contributed by atoms with E-state index in [0.29, 0.717) is 11.0 Å². The summed E-state index contributed by atoms with van der Waals surface area (Å²) in [4.78, 5) is 11.8. The maximum atomic E-state index is 11.8. The van der Waals surface area contributed by atoms with Gasteiger partial charge in [-0.1, -0.05) is 6.92 Å². The standard InChI is InChI=1S/C11H19BrN4O/c1-3-5-13-6-7-14-9-8-15-16(4-2)11(17)10(9)12/h8,13-14H,3-7H2,1-2H3. The van der Waals surface area contributed by atoms with E-state index in [-0.39, 0.29) is 5.56 Å². The zero-order valence-electron chi connectivity index (χ0n) is 10.3. The summed E-state index contributed by atoms with van der Waals surface area (Å²) >= 11 is 3.30. The average Bonchev–Trinajstić information content (AvgIpc) is 2.34. The third-order valence-corrected chi connectivity index (χ3v) is 3.09. The SMILES string of the molecule is CCCNCCNc1cnn(CC)c(=O)c1Br. The molecule has 0 saturated carbocycles. The van der Waals surface area contributed by atoms with E-state index in [4.69, 9.17) is 0 Å². The molecule has 2 N–H and O–H groups in total. The van der Waals surface area contributed by atoms with E-state index in [1.165, 1.54) is 4.68 Å². The molecule has 0 aliphatic rings. The maximum absolute atomic E-state index is 11.8. The molecular formula is C11H19BrN4O. The Hall–Kier alpha value is -0.880. The highest BCUT2D eigenvalue weighted by Crippen LogP contribution is 2.15. The molecule has 0 amide bonds. The van der Waals surface area contributed by atoms with E-state index >= 15 is 0 Å². The molecule has 6 heteroatoms. The van der Waals surface area contributed by atoms with Crippen molar-refractivity contribution in [2.45, 2.75) is 26.8 Å². The molecule has 0 saturated heterocycles. The first kappa shape index (κ1) is 14.2. The van der Waals surface area contributed by atoms with E-state index in [0.717, 1.165) is 31.7 Å². The summed E-state index contributed by atoms with van der Waals surface area (Å²) in [6, 6.07) is 0. The minimum Gasteiger partial charge on any atom is -0.381 e. The van der Waals surface area contributed by atoms with Crippen LogP contribution in [0.3, 0.4) is 0 Å². The Kier molecular flexibility index (Phi) is 6.21. The van der Waals surface area contributed by atoms with E-state index in [9.17, 15) is 4.79 Å². The van der Waals surface area contributed by atoms with Crippen LogP contribution in [0.15, 0.2) is 15.5 Å². The van der Waals surface area contributed by atoms with Crippen LogP contribution in [0.2, 0.25) is 0 Å². The second-order valence-electron chi connectivity index (χ2n) is 3.67. The van der Waals surface area contributed by atoms with Gasteiger partial charge in [-0.25, -0.2) is 4.68 Å². The predicted molar refractivity (Wildman–Crippen MR) is 73.5 cm³/mol. The first-order valence-electron chi connectivity index (χ1n) is 5.90. The summed E-state index contributed by atoms with van der Waals surface area (Å²) in [7, 11) is 0. The van der Waals surface area contributed by atoms with Crippen molar-refractivity contribution < 1.29 is 0 Å². The molecule has 1 aromatic heterocycles. The minimum absolute atomic E-state index is 0.0981. The van der Waals surface area contributed by atoms with Crippen LogP contribution < -0.4 is 16.2 Å². The molecule has 96 valence electrons. The van der Waals surface area contributed by atoms with Gasteiger partial charge in [0.15, 0.2) is 0 Å². The fourth-order valence-corrected chi connectivity index (χ4v) is 1.85. The second kappa shape index (κ2) is 7.45.